The number of carbonyl (C=O) groups is 1. The number of pyridine rings is 1. The molecule has 1 atom stereocenters. The highest BCUT2D eigenvalue weighted by atomic mass is 32.2. The highest BCUT2D eigenvalue weighted by Crippen LogP contribution is 2.18. The van der Waals surface area contributed by atoms with Crippen LogP contribution in [0.5, 0.6) is 0 Å². The van der Waals surface area contributed by atoms with Gasteiger partial charge in [-0.2, -0.15) is 0 Å². The zero-order valence-electron chi connectivity index (χ0n) is 10.0. The van der Waals surface area contributed by atoms with Crippen LogP contribution in [0.2, 0.25) is 0 Å². The first-order valence-electron chi connectivity index (χ1n) is 5.57. The van der Waals surface area contributed by atoms with E-state index in [9.17, 15) is 13.2 Å². The van der Waals surface area contributed by atoms with Gasteiger partial charge >= 0.3 is 0 Å². The highest BCUT2D eigenvalue weighted by molar-refractivity contribution is 7.89. The lowest BCUT2D eigenvalue weighted by Crippen LogP contribution is -2.32. The van der Waals surface area contributed by atoms with Gasteiger partial charge in [-0.3, -0.25) is 9.78 Å². The molecule has 1 unspecified atom stereocenters. The standard InChI is InChI=1S/C11H15N3O3S/c1-8-2-3-13-9(4-8)6-14-7-10(5-11(14)15)18(12,16)17/h2-4,10H,5-7H2,1H3,(H2,12,16,17). The third-order valence-electron chi connectivity index (χ3n) is 2.97. The van der Waals surface area contributed by atoms with E-state index in [0.717, 1.165) is 11.3 Å². The smallest absolute Gasteiger partial charge is 0.224 e. The number of rotatable bonds is 3. The maximum atomic E-state index is 11.7. The van der Waals surface area contributed by atoms with Gasteiger partial charge in [0.05, 0.1) is 12.2 Å². The number of aryl methyl sites for hydroxylation is 1. The summed E-state index contributed by atoms with van der Waals surface area (Å²) >= 11 is 0. The fourth-order valence-corrected chi connectivity index (χ4v) is 2.75. The molecule has 1 aliphatic rings. The molecule has 1 saturated heterocycles. The molecule has 6 nitrogen and oxygen atoms in total. The average Bonchev–Trinajstić information content (AvgIpc) is 2.60. The Kier molecular flexibility index (Phi) is 3.36. The molecule has 2 rings (SSSR count). The maximum Gasteiger partial charge on any atom is 0.224 e. The Balaban J connectivity index is 2.10. The number of amides is 1. The fourth-order valence-electron chi connectivity index (χ4n) is 1.99. The second-order valence-electron chi connectivity index (χ2n) is 4.51. The molecule has 0 spiro atoms. The molecule has 0 bridgehead atoms. The summed E-state index contributed by atoms with van der Waals surface area (Å²) < 4.78 is 22.4. The molecule has 1 aromatic rings. The minimum absolute atomic E-state index is 0.0371. The molecule has 2 heterocycles. The molecular weight excluding hydrogens is 254 g/mol. The largest absolute Gasteiger partial charge is 0.335 e. The fraction of sp³-hybridized carbons (Fsp3) is 0.455. The molecule has 18 heavy (non-hydrogen) atoms. The van der Waals surface area contributed by atoms with E-state index in [0.29, 0.717) is 6.54 Å². The van der Waals surface area contributed by atoms with Crippen molar-refractivity contribution in [2.24, 2.45) is 5.14 Å². The summed E-state index contributed by atoms with van der Waals surface area (Å²) in [5, 5.41) is 4.26. The summed E-state index contributed by atoms with van der Waals surface area (Å²) in [4.78, 5) is 17.3. The van der Waals surface area contributed by atoms with Crippen molar-refractivity contribution in [1.29, 1.82) is 0 Å². The summed E-state index contributed by atoms with van der Waals surface area (Å²) in [5.41, 5.74) is 1.80. The van der Waals surface area contributed by atoms with Crippen molar-refractivity contribution in [3.05, 3.63) is 29.6 Å². The Labute approximate surface area is 106 Å². The van der Waals surface area contributed by atoms with Crippen LogP contribution in [0.15, 0.2) is 18.3 Å². The van der Waals surface area contributed by atoms with E-state index in [2.05, 4.69) is 4.98 Å². The number of likely N-dealkylation sites (tertiary alicyclic amines) is 1. The molecule has 1 amide bonds. The van der Waals surface area contributed by atoms with Crippen LogP contribution in [0.1, 0.15) is 17.7 Å². The van der Waals surface area contributed by atoms with Gasteiger partial charge in [-0.25, -0.2) is 13.6 Å². The van der Waals surface area contributed by atoms with Gasteiger partial charge in [0.2, 0.25) is 15.9 Å². The normalized spacial score (nSPS) is 20.4. The molecule has 7 heteroatoms. The van der Waals surface area contributed by atoms with E-state index in [4.69, 9.17) is 5.14 Å². The zero-order chi connectivity index (χ0) is 13.3. The monoisotopic (exact) mass is 269 g/mol. The molecule has 98 valence electrons. The van der Waals surface area contributed by atoms with Crippen LogP contribution in [0, 0.1) is 6.92 Å². The number of nitrogens with zero attached hydrogens (tertiary/aromatic N) is 2. The van der Waals surface area contributed by atoms with E-state index in [1.165, 1.54) is 4.90 Å². The Bertz CT molecular complexity index is 571. The van der Waals surface area contributed by atoms with Gasteiger partial charge in [0, 0.05) is 19.2 Å². The van der Waals surface area contributed by atoms with Crippen molar-refractivity contribution in [1.82, 2.24) is 9.88 Å². The van der Waals surface area contributed by atoms with Crippen molar-refractivity contribution < 1.29 is 13.2 Å². The van der Waals surface area contributed by atoms with Crippen LogP contribution in [0.3, 0.4) is 0 Å². The summed E-state index contributed by atoms with van der Waals surface area (Å²) in [6, 6.07) is 3.74. The van der Waals surface area contributed by atoms with Crippen LogP contribution in [0.4, 0.5) is 0 Å². The van der Waals surface area contributed by atoms with Crippen LogP contribution < -0.4 is 5.14 Å². The molecule has 0 aliphatic carbocycles. The van der Waals surface area contributed by atoms with Gasteiger partial charge in [-0.05, 0) is 24.6 Å². The summed E-state index contributed by atoms with van der Waals surface area (Å²) in [6.45, 7) is 2.41. The number of carbonyl (C=O) groups excluding carboxylic acids is 1. The zero-order valence-corrected chi connectivity index (χ0v) is 10.9. The SMILES string of the molecule is Cc1ccnc(CN2CC(S(N)(=O)=O)CC2=O)c1. The third kappa shape index (κ3) is 2.85. The van der Waals surface area contributed by atoms with Gasteiger partial charge < -0.3 is 4.90 Å². The van der Waals surface area contributed by atoms with Crippen molar-refractivity contribution in [2.45, 2.75) is 25.1 Å². The van der Waals surface area contributed by atoms with Crippen molar-refractivity contribution in [2.75, 3.05) is 6.54 Å². The van der Waals surface area contributed by atoms with E-state index >= 15 is 0 Å². The first-order valence-corrected chi connectivity index (χ1v) is 7.18. The molecule has 1 aromatic heterocycles. The van der Waals surface area contributed by atoms with Crippen LogP contribution in [0.25, 0.3) is 0 Å². The number of hydrogen-bond acceptors (Lipinski definition) is 4. The van der Waals surface area contributed by atoms with E-state index < -0.39 is 15.3 Å². The third-order valence-corrected chi connectivity index (χ3v) is 4.21. The first kappa shape index (κ1) is 13.0. The van der Waals surface area contributed by atoms with E-state index in [1.807, 2.05) is 19.1 Å². The highest BCUT2D eigenvalue weighted by Gasteiger charge is 2.36. The van der Waals surface area contributed by atoms with Gasteiger partial charge in [0.1, 0.15) is 5.25 Å². The predicted molar refractivity (Wildman–Crippen MR) is 65.9 cm³/mol. The van der Waals surface area contributed by atoms with Crippen molar-refractivity contribution in [3.63, 3.8) is 0 Å². The minimum Gasteiger partial charge on any atom is -0.335 e. The topological polar surface area (TPSA) is 93.4 Å². The first-order chi connectivity index (χ1) is 8.36. The Morgan fingerprint density at radius 1 is 1.56 bits per heavy atom. The lowest BCUT2D eigenvalue weighted by atomic mass is 10.2. The number of nitrogens with two attached hydrogens (primary N) is 1. The number of hydrogen-bond donors (Lipinski definition) is 1. The number of aromatic nitrogens is 1. The molecule has 0 aromatic carbocycles. The molecule has 0 saturated carbocycles. The molecule has 0 radical (unpaired) electrons. The second-order valence-corrected chi connectivity index (χ2v) is 6.36. The molecule has 1 fully saturated rings. The van der Waals surface area contributed by atoms with Crippen LogP contribution in [-0.2, 0) is 21.4 Å². The van der Waals surface area contributed by atoms with E-state index in [1.54, 1.807) is 6.20 Å². The number of primary sulfonamides is 1. The average molecular weight is 269 g/mol. The maximum absolute atomic E-state index is 11.7. The number of sulfonamides is 1. The van der Waals surface area contributed by atoms with Gasteiger partial charge in [-0.15, -0.1) is 0 Å². The van der Waals surface area contributed by atoms with Crippen LogP contribution >= 0.6 is 0 Å². The summed E-state index contributed by atoms with van der Waals surface area (Å²) in [7, 11) is -3.65. The quantitative estimate of drug-likeness (QED) is 0.821. The predicted octanol–water partition coefficient (Wildman–Crippen LogP) is -0.221. The molecule has 1 aliphatic heterocycles. The lowest BCUT2D eigenvalue weighted by Gasteiger charge is -2.15. The summed E-state index contributed by atoms with van der Waals surface area (Å²) in [5.74, 6) is -0.197. The van der Waals surface area contributed by atoms with Gasteiger partial charge in [-0.1, -0.05) is 0 Å². The molecule has 2 N–H and O–H groups in total. The molecular formula is C11H15N3O3S. The van der Waals surface area contributed by atoms with Crippen molar-refractivity contribution in [3.8, 4) is 0 Å². The lowest BCUT2D eigenvalue weighted by molar-refractivity contribution is -0.128. The Hall–Kier alpha value is -1.47. The minimum atomic E-state index is -3.65. The Morgan fingerprint density at radius 3 is 2.83 bits per heavy atom. The Morgan fingerprint density at radius 2 is 2.28 bits per heavy atom. The van der Waals surface area contributed by atoms with Gasteiger partial charge in [0.25, 0.3) is 0 Å². The van der Waals surface area contributed by atoms with Crippen molar-refractivity contribution >= 4 is 15.9 Å². The summed E-state index contributed by atoms with van der Waals surface area (Å²) in [6.07, 6.45) is 1.63. The van der Waals surface area contributed by atoms with Crippen LogP contribution in [-0.4, -0.2) is 36.0 Å². The van der Waals surface area contributed by atoms with Gasteiger partial charge in [0.15, 0.2) is 0 Å². The van der Waals surface area contributed by atoms with E-state index in [-0.39, 0.29) is 18.9 Å². The second kappa shape index (κ2) is 4.66.